The number of nitriles is 1. The van der Waals surface area contributed by atoms with Crippen LogP contribution in [-0.2, 0) is 25.8 Å². The van der Waals surface area contributed by atoms with Crippen molar-refractivity contribution >= 4 is 45.0 Å². The molecule has 0 aromatic heterocycles. The van der Waals surface area contributed by atoms with Crippen LogP contribution in [-0.4, -0.2) is 61.7 Å². The van der Waals surface area contributed by atoms with E-state index in [2.05, 4.69) is 10.1 Å². The van der Waals surface area contributed by atoms with Gasteiger partial charge < -0.3 is 19.7 Å². The first-order chi connectivity index (χ1) is 18.7. The van der Waals surface area contributed by atoms with Gasteiger partial charge in [-0.05, 0) is 42.7 Å². The molecule has 4 rings (SSSR count). The summed E-state index contributed by atoms with van der Waals surface area (Å²) in [5, 5.41) is 10.5. The fraction of sp³-hybridized carbons (Fsp3) is 0.400. The number of alkyl carbamates (subject to hydrolysis) is 1. The van der Waals surface area contributed by atoms with Gasteiger partial charge in [-0.15, -0.1) is 0 Å². The third-order valence-electron chi connectivity index (χ3n) is 6.40. The van der Waals surface area contributed by atoms with Crippen molar-refractivity contribution in [1.29, 1.82) is 5.26 Å². The maximum absolute atomic E-state index is 13.5. The van der Waals surface area contributed by atoms with Gasteiger partial charge >= 0.3 is 12.3 Å². The second-order valence-electron chi connectivity index (χ2n) is 9.43. The normalized spacial score (nSPS) is 19.9. The van der Waals surface area contributed by atoms with Crippen LogP contribution < -0.4 is 10.1 Å². The second kappa shape index (κ2) is 11.3. The van der Waals surface area contributed by atoms with Crippen molar-refractivity contribution in [3.05, 3.63) is 58.1 Å². The maximum atomic E-state index is 13.5. The van der Waals surface area contributed by atoms with Gasteiger partial charge in [-0.2, -0.15) is 18.4 Å². The number of carbonyl (C=O) groups excluding carboxylic acids is 2. The number of sulfone groups is 1. The summed E-state index contributed by atoms with van der Waals surface area (Å²) in [6, 6.07) is 11.4. The largest absolute Gasteiger partial charge is 0.484 e. The number of nitrogens with zero attached hydrogens (tertiary/aromatic N) is 2. The molecule has 2 aromatic carbocycles. The van der Waals surface area contributed by atoms with Crippen LogP contribution in [0.3, 0.4) is 0 Å². The zero-order valence-electron chi connectivity index (χ0n) is 20.6. The van der Waals surface area contributed by atoms with Crippen molar-refractivity contribution in [2.75, 3.05) is 13.2 Å². The number of likely N-dealkylation sites (tertiary alicyclic amines) is 1. The molecule has 0 spiro atoms. The van der Waals surface area contributed by atoms with Crippen LogP contribution in [0.1, 0.15) is 24.8 Å². The third-order valence-corrected chi connectivity index (χ3v) is 9.27. The maximum Gasteiger partial charge on any atom is 0.422 e. The number of benzene rings is 2. The van der Waals surface area contributed by atoms with Gasteiger partial charge in [0.25, 0.3) is 0 Å². The summed E-state index contributed by atoms with van der Waals surface area (Å²) in [5.41, 5.74) is -0.467. The Morgan fingerprint density at radius 1 is 1.15 bits per heavy atom. The Morgan fingerprint density at radius 3 is 2.40 bits per heavy atom. The van der Waals surface area contributed by atoms with E-state index >= 15 is 0 Å². The minimum absolute atomic E-state index is 0.139. The molecule has 2 amide bonds. The van der Waals surface area contributed by atoms with Crippen LogP contribution in [0, 0.1) is 11.3 Å². The predicted octanol–water partition coefficient (Wildman–Crippen LogP) is 4.66. The fourth-order valence-electron chi connectivity index (χ4n) is 4.13. The van der Waals surface area contributed by atoms with E-state index < -0.39 is 51.6 Å². The van der Waals surface area contributed by atoms with Gasteiger partial charge in [-0.3, -0.25) is 4.79 Å². The van der Waals surface area contributed by atoms with E-state index in [4.69, 9.17) is 27.9 Å². The topological polar surface area (TPSA) is 126 Å². The summed E-state index contributed by atoms with van der Waals surface area (Å²) < 4.78 is 74.4. The number of nitrogens with one attached hydrogen (secondary N) is 1. The van der Waals surface area contributed by atoms with E-state index in [0.717, 1.165) is 23.1 Å². The highest BCUT2D eigenvalue weighted by atomic mass is 35.5. The molecule has 1 N–H and O–H groups in total. The molecule has 2 aromatic rings. The highest BCUT2D eigenvalue weighted by Crippen LogP contribution is 2.36. The minimum atomic E-state index is -4.60. The number of ether oxygens (including phenoxy) is 2. The summed E-state index contributed by atoms with van der Waals surface area (Å²) >= 11 is 12.0. The Labute approximate surface area is 237 Å². The van der Waals surface area contributed by atoms with Gasteiger partial charge in [-0.25, -0.2) is 13.2 Å². The van der Waals surface area contributed by atoms with Gasteiger partial charge in [0.2, 0.25) is 5.91 Å². The number of halogens is 5. The standard InChI is InChI=1S/C25H22Cl2F3N3O6S/c26-16-3-1-15(2-4-16)9-21(34)33-12-18(11-22(33)39-23(35)32-24(13-31)7-8-24)40(36,37)20-6-5-17(10-19(20)27)38-14-25(28,29)30/h1-6,10,18,22H,7-9,11-12,14H2,(H,32,35)/t18-,22+/m1/s1. The van der Waals surface area contributed by atoms with E-state index in [0.29, 0.717) is 23.4 Å². The zero-order chi connectivity index (χ0) is 29.3. The average molecular weight is 620 g/mol. The summed E-state index contributed by atoms with van der Waals surface area (Å²) in [6.07, 6.45) is -6.43. The Hall–Kier alpha value is -3.21. The predicted molar refractivity (Wildman–Crippen MR) is 136 cm³/mol. The van der Waals surface area contributed by atoms with E-state index in [1.54, 1.807) is 24.3 Å². The highest BCUT2D eigenvalue weighted by molar-refractivity contribution is 7.92. The second-order valence-corrected chi connectivity index (χ2v) is 12.5. The average Bonchev–Trinajstić information content (AvgIpc) is 3.51. The SMILES string of the molecule is N#CC1(NC(=O)O[C@H]2C[C@@H](S(=O)(=O)c3ccc(OCC(F)(F)F)cc3Cl)CN2C(=O)Cc2ccc(Cl)cc2)CC1. The molecule has 15 heteroatoms. The lowest BCUT2D eigenvalue weighted by atomic mass is 10.1. The molecular formula is C25H22Cl2F3N3O6S. The molecule has 2 aliphatic rings. The molecule has 2 atom stereocenters. The number of hydrogen-bond donors (Lipinski definition) is 1. The molecule has 0 bridgehead atoms. The fourth-order valence-corrected chi connectivity index (χ4v) is 6.47. The molecule has 9 nitrogen and oxygen atoms in total. The minimum Gasteiger partial charge on any atom is -0.484 e. The van der Waals surface area contributed by atoms with Crippen LogP contribution in [0.5, 0.6) is 5.75 Å². The Kier molecular flexibility index (Phi) is 8.44. The van der Waals surface area contributed by atoms with E-state index in [-0.39, 0.29) is 35.1 Å². The van der Waals surface area contributed by atoms with Gasteiger partial charge in [0, 0.05) is 24.1 Å². The highest BCUT2D eigenvalue weighted by Gasteiger charge is 2.48. The molecular weight excluding hydrogens is 598 g/mol. The van der Waals surface area contributed by atoms with Crippen LogP contribution in [0.15, 0.2) is 47.4 Å². The smallest absolute Gasteiger partial charge is 0.422 e. The van der Waals surface area contributed by atoms with Gasteiger partial charge in [0.15, 0.2) is 22.7 Å². The molecule has 1 aliphatic carbocycles. The van der Waals surface area contributed by atoms with Gasteiger partial charge in [-0.1, -0.05) is 35.3 Å². The van der Waals surface area contributed by atoms with Crippen molar-refractivity contribution in [3.63, 3.8) is 0 Å². The molecule has 2 fully saturated rings. The van der Waals surface area contributed by atoms with E-state index in [1.807, 2.05) is 6.07 Å². The van der Waals surface area contributed by atoms with Crippen molar-refractivity contribution in [3.8, 4) is 11.8 Å². The summed E-state index contributed by atoms with van der Waals surface area (Å²) in [4.78, 5) is 26.5. The first kappa shape index (κ1) is 29.8. The van der Waals surface area contributed by atoms with Crippen molar-refractivity contribution in [1.82, 2.24) is 10.2 Å². The first-order valence-corrected chi connectivity index (χ1v) is 14.2. The van der Waals surface area contributed by atoms with Crippen molar-refractivity contribution < 1.29 is 40.7 Å². The Bertz CT molecular complexity index is 1440. The lowest BCUT2D eigenvalue weighted by Gasteiger charge is -2.25. The molecule has 214 valence electrons. The van der Waals surface area contributed by atoms with E-state index in [9.17, 15) is 36.4 Å². The monoisotopic (exact) mass is 619 g/mol. The lowest BCUT2D eigenvalue weighted by molar-refractivity contribution is -0.153. The summed E-state index contributed by atoms with van der Waals surface area (Å²) in [5.74, 6) is -0.807. The number of amides is 2. The quantitative estimate of drug-likeness (QED) is 0.455. The van der Waals surface area contributed by atoms with Crippen LogP contribution >= 0.6 is 23.2 Å². The van der Waals surface area contributed by atoms with Gasteiger partial charge in [0.1, 0.15) is 11.3 Å². The van der Waals surface area contributed by atoms with Crippen LogP contribution in [0.25, 0.3) is 0 Å². The number of rotatable bonds is 8. The summed E-state index contributed by atoms with van der Waals surface area (Å²) in [6.45, 7) is -1.93. The van der Waals surface area contributed by atoms with Crippen LogP contribution in [0.2, 0.25) is 10.0 Å². The van der Waals surface area contributed by atoms with Crippen molar-refractivity contribution in [2.24, 2.45) is 0 Å². The summed E-state index contributed by atoms with van der Waals surface area (Å²) in [7, 11) is -4.26. The molecule has 1 heterocycles. The molecule has 1 saturated heterocycles. The lowest BCUT2D eigenvalue weighted by Crippen LogP contribution is -2.44. The van der Waals surface area contributed by atoms with E-state index in [1.165, 1.54) is 0 Å². The Morgan fingerprint density at radius 2 is 1.82 bits per heavy atom. The molecule has 0 unspecified atom stereocenters. The number of hydrogen-bond acceptors (Lipinski definition) is 7. The first-order valence-electron chi connectivity index (χ1n) is 11.9. The number of alkyl halides is 3. The molecule has 40 heavy (non-hydrogen) atoms. The Balaban J connectivity index is 1.54. The molecule has 1 saturated carbocycles. The van der Waals surface area contributed by atoms with Crippen LogP contribution in [0.4, 0.5) is 18.0 Å². The zero-order valence-corrected chi connectivity index (χ0v) is 22.9. The van der Waals surface area contributed by atoms with Gasteiger partial charge in [0.05, 0.1) is 27.7 Å². The number of carbonyl (C=O) groups is 2. The molecule has 0 radical (unpaired) electrons. The molecule has 1 aliphatic heterocycles. The van der Waals surface area contributed by atoms with Crippen molar-refractivity contribution in [2.45, 2.75) is 53.8 Å². The third kappa shape index (κ3) is 7.10.